The Bertz CT molecular complexity index is 1270. The smallest absolute Gasteiger partial charge is 0.329 e. The Morgan fingerprint density at radius 3 is 2.38 bits per heavy atom. The summed E-state index contributed by atoms with van der Waals surface area (Å²) in [5.41, 5.74) is 2.90. The summed E-state index contributed by atoms with van der Waals surface area (Å²) in [6, 6.07) is 16.3. The van der Waals surface area contributed by atoms with Crippen LogP contribution in [0.3, 0.4) is 0 Å². The quantitative estimate of drug-likeness (QED) is 0.213. The summed E-state index contributed by atoms with van der Waals surface area (Å²) in [7, 11) is -2.15. The predicted molar refractivity (Wildman–Crippen MR) is 127 cm³/mol. The van der Waals surface area contributed by atoms with Crippen molar-refractivity contribution in [1.82, 2.24) is 15.5 Å². The maximum atomic E-state index is 12.3. The van der Waals surface area contributed by atoms with Crippen molar-refractivity contribution >= 4 is 44.0 Å². The van der Waals surface area contributed by atoms with Gasteiger partial charge in [0.2, 0.25) is 10.0 Å². The van der Waals surface area contributed by atoms with Gasteiger partial charge in [-0.15, -0.1) is 0 Å². The molecule has 1 heterocycles. The molecule has 0 atom stereocenters. The van der Waals surface area contributed by atoms with Gasteiger partial charge in [-0.3, -0.25) is 9.59 Å². The van der Waals surface area contributed by atoms with Gasteiger partial charge >= 0.3 is 11.8 Å². The van der Waals surface area contributed by atoms with Gasteiger partial charge in [-0.25, -0.2) is 18.6 Å². The highest BCUT2D eigenvalue weighted by atomic mass is 79.9. The summed E-state index contributed by atoms with van der Waals surface area (Å²) in [6.45, 7) is 0.0873. The van der Waals surface area contributed by atoms with Crippen LogP contribution in [-0.2, 0) is 32.7 Å². The number of nitrogens with zero attached hydrogens (tertiary/aromatic N) is 1. The minimum atomic E-state index is -3.71. The molecular weight excluding hydrogens is 528 g/mol. The van der Waals surface area contributed by atoms with Gasteiger partial charge in [-0.1, -0.05) is 28.1 Å². The molecule has 2 aromatic carbocycles. The molecule has 3 rings (SSSR count). The van der Waals surface area contributed by atoms with E-state index in [4.69, 9.17) is 9.15 Å². The largest absolute Gasteiger partial charge is 0.497 e. The van der Waals surface area contributed by atoms with Crippen LogP contribution < -0.4 is 20.2 Å². The summed E-state index contributed by atoms with van der Waals surface area (Å²) in [6.07, 6.45) is 1.20. The first-order chi connectivity index (χ1) is 16.3. The fourth-order valence-corrected chi connectivity index (χ4v) is 3.89. The fraction of sp³-hybridized carbons (Fsp3) is 0.136. The first kappa shape index (κ1) is 25.1. The molecule has 0 aliphatic rings. The molecule has 0 saturated carbocycles. The summed E-state index contributed by atoms with van der Waals surface area (Å²) >= 11 is 3.25. The van der Waals surface area contributed by atoms with E-state index in [0.717, 1.165) is 10.0 Å². The Morgan fingerprint density at radius 1 is 1.00 bits per heavy atom. The molecule has 10 nitrogen and oxygen atoms in total. The number of halogens is 1. The topological polar surface area (TPSA) is 139 Å². The number of sulfonamides is 1. The van der Waals surface area contributed by atoms with Gasteiger partial charge in [0.05, 0.1) is 24.8 Å². The van der Waals surface area contributed by atoms with Crippen molar-refractivity contribution in [2.75, 3.05) is 7.11 Å². The van der Waals surface area contributed by atoms with E-state index in [1.807, 2.05) is 0 Å². The average molecular weight is 549 g/mol. The van der Waals surface area contributed by atoms with Gasteiger partial charge < -0.3 is 14.5 Å². The van der Waals surface area contributed by atoms with Gasteiger partial charge in [-0.2, -0.15) is 5.10 Å². The summed E-state index contributed by atoms with van der Waals surface area (Å²) < 4.78 is 38.4. The number of rotatable bonds is 9. The zero-order valence-electron chi connectivity index (χ0n) is 17.9. The first-order valence-corrected chi connectivity index (χ1v) is 12.1. The Labute approximate surface area is 204 Å². The molecular formula is C22H21BrN4O6S. The third-order valence-electron chi connectivity index (χ3n) is 4.42. The van der Waals surface area contributed by atoms with Crippen molar-refractivity contribution < 1.29 is 27.2 Å². The van der Waals surface area contributed by atoms with Crippen LogP contribution in [0.5, 0.6) is 5.75 Å². The summed E-state index contributed by atoms with van der Waals surface area (Å²) in [4.78, 5) is 23.9. The third kappa shape index (κ3) is 7.27. The summed E-state index contributed by atoms with van der Waals surface area (Å²) in [5.74, 6) is -0.512. The third-order valence-corrected chi connectivity index (χ3v) is 6.36. The molecule has 0 radical (unpaired) electrons. The number of benzene rings is 2. The maximum Gasteiger partial charge on any atom is 0.329 e. The van der Waals surface area contributed by atoms with Crippen LogP contribution in [0.4, 0.5) is 0 Å². The van der Waals surface area contributed by atoms with E-state index < -0.39 is 21.8 Å². The molecule has 0 saturated heterocycles. The molecule has 0 unspecified atom stereocenters. The Hall–Kier alpha value is -3.48. The number of hydrogen-bond donors (Lipinski definition) is 3. The number of furan rings is 1. The van der Waals surface area contributed by atoms with Crippen LogP contribution in [0.15, 0.2) is 79.6 Å². The first-order valence-electron chi connectivity index (χ1n) is 9.85. The molecule has 0 fully saturated rings. The zero-order chi connectivity index (χ0) is 24.6. The van der Waals surface area contributed by atoms with Gasteiger partial charge in [0.25, 0.3) is 0 Å². The van der Waals surface area contributed by atoms with Crippen LogP contribution in [0.25, 0.3) is 0 Å². The minimum Gasteiger partial charge on any atom is -0.497 e. The van der Waals surface area contributed by atoms with E-state index in [0.29, 0.717) is 11.5 Å². The Kier molecular flexibility index (Phi) is 8.57. The van der Waals surface area contributed by atoms with E-state index in [-0.39, 0.29) is 23.7 Å². The number of carbonyl (C=O) groups excluding carboxylic acids is 2. The van der Waals surface area contributed by atoms with Crippen molar-refractivity contribution in [2.45, 2.75) is 18.0 Å². The Balaban J connectivity index is 1.45. The molecule has 3 aromatic rings. The molecule has 3 N–H and O–H groups in total. The van der Waals surface area contributed by atoms with Crippen LogP contribution in [0, 0.1) is 0 Å². The Morgan fingerprint density at radius 2 is 1.71 bits per heavy atom. The van der Waals surface area contributed by atoms with E-state index in [2.05, 4.69) is 36.5 Å². The minimum absolute atomic E-state index is 0.0770. The van der Waals surface area contributed by atoms with Crippen LogP contribution in [0.2, 0.25) is 0 Å². The van der Waals surface area contributed by atoms with Gasteiger partial charge in [0, 0.05) is 11.0 Å². The lowest BCUT2D eigenvalue weighted by Gasteiger charge is -2.05. The second kappa shape index (κ2) is 11.6. The molecule has 0 bridgehead atoms. The molecule has 0 aliphatic carbocycles. The number of amides is 2. The number of ether oxygens (including phenoxy) is 1. The highest BCUT2D eigenvalue weighted by Gasteiger charge is 2.15. The molecule has 2 amide bonds. The average Bonchev–Trinajstić information content (AvgIpc) is 3.29. The molecule has 12 heteroatoms. The SMILES string of the molecule is COc1ccc(CNC(=O)C(=O)NN=Cc2ccc(CNS(=O)(=O)c3ccc(Br)cc3)o2)cc1. The molecule has 34 heavy (non-hydrogen) atoms. The summed E-state index contributed by atoms with van der Waals surface area (Å²) in [5, 5.41) is 6.16. The number of nitrogens with one attached hydrogen (secondary N) is 3. The fourth-order valence-electron chi connectivity index (χ4n) is 2.63. The van der Waals surface area contributed by atoms with E-state index in [9.17, 15) is 18.0 Å². The van der Waals surface area contributed by atoms with E-state index >= 15 is 0 Å². The molecule has 1 aromatic heterocycles. The van der Waals surface area contributed by atoms with Crippen molar-refractivity contribution in [3.05, 3.63) is 82.2 Å². The maximum absolute atomic E-state index is 12.3. The highest BCUT2D eigenvalue weighted by Crippen LogP contribution is 2.15. The highest BCUT2D eigenvalue weighted by molar-refractivity contribution is 9.10. The lowest BCUT2D eigenvalue weighted by atomic mass is 10.2. The van der Waals surface area contributed by atoms with Gasteiger partial charge in [0.1, 0.15) is 17.3 Å². The van der Waals surface area contributed by atoms with Crippen molar-refractivity contribution in [2.24, 2.45) is 5.10 Å². The predicted octanol–water partition coefficient (Wildman–Crippen LogP) is 2.30. The molecule has 178 valence electrons. The van der Waals surface area contributed by atoms with Crippen LogP contribution in [-0.4, -0.2) is 33.6 Å². The number of carbonyl (C=O) groups is 2. The van der Waals surface area contributed by atoms with Crippen LogP contribution >= 0.6 is 15.9 Å². The van der Waals surface area contributed by atoms with Gasteiger partial charge in [-0.05, 0) is 54.1 Å². The van der Waals surface area contributed by atoms with E-state index in [1.54, 1.807) is 55.6 Å². The number of hydrazone groups is 1. The van der Waals surface area contributed by atoms with Crippen LogP contribution in [0.1, 0.15) is 17.1 Å². The van der Waals surface area contributed by atoms with Gasteiger partial charge in [0.15, 0.2) is 0 Å². The normalized spacial score (nSPS) is 11.4. The second-order valence-corrected chi connectivity index (χ2v) is 9.50. The lowest BCUT2D eigenvalue weighted by Crippen LogP contribution is -2.37. The van der Waals surface area contributed by atoms with Crippen molar-refractivity contribution in [3.63, 3.8) is 0 Å². The molecule has 0 aliphatic heterocycles. The standard InChI is InChI=1S/C22H21BrN4O6S/c1-32-17-6-2-15(3-7-17)12-24-21(28)22(29)27-25-13-18-8-9-19(33-18)14-26-34(30,31)20-10-4-16(23)5-11-20/h2-11,13,26H,12,14H2,1H3,(H,24,28)(H,27,29). The lowest BCUT2D eigenvalue weighted by molar-refractivity contribution is -0.139. The number of methoxy groups -OCH3 is 1. The molecule has 0 spiro atoms. The van der Waals surface area contributed by atoms with E-state index in [1.165, 1.54) is 18.3 Å². The zero-order valence-corrected chi connectivity index (χ0v) is 20.4. The second-order valence-electron chi connectivity index (χ2n) is 6.81. The van der Waals surface area contributed by atoms with Crippen molar-refractivity contribution in [1.29, 1.82) is 0 Å². The number of hydrogen-bond acceptors (Lipinski definition) is 7. The van der Waals surface area contributed by atoms with Crippen molar-refractivity contribution in [3.8, 4) is 5.75 Å². The monoisotopic (exact) mass is 548 g/mol.